The zero-order chi connectivity index (χ0) is 9.90. The lowest BCUT2D eigenvalue weighted by Crippen LogP contribution is -2.53. The van der Waals surface area contributed by atoms with Crippen LogP contribution in [0, 0.1) is 0 Å². The highest BCUT2D eigenvalue weighted by molar-refractivity contribution is 5.47. The van der Waals surface area contributed by atoms with E-state index in [2.05, 4.69) is 21.0 Å². The van der Waals surface area contributed by atoms with Crippen LogP contribution in [0.4, 0.5) is 0 Å². The molecule has 1 saturated heterocycles. The molecule has 1 rings (SSSR count). The molecule has 3 nitrogen and oxygen atoms in total. The smallest absolute Gasteiger partial charge is 0.209 e. The molecule has 1 heterocycles. The first-order valence-electron chi connectivity index (χ1n) is 5.12. The molecule has 3 heteroatoms. The van der Waals surface area contributed by atoms with Crippen LogP contribution in [0.15, 0.2) is 0 Å². The highest BCUT2D eigenvalue weighted by atomic mass is 16.1. The van der Waals surface area contributed by atoms with Crippen molar-refractivity contribution in [2.45, 2.75) is 25.8 Å². The molecule has 0 aromatic heterocycles. The van der Waals surface area contributed by atoms with Crippen molar-refractivity contribution in [1.82, 2.24) is 4.90 Å². The first kappa shape index (κ1) is 10.5. The standard InChI is InChI=1S/C10H21N2O/c1-4-12(2,3)10-5-7-11(9-13)8-6-10/h9-10H,4-8H2,1-3H3/q+1. The number of nitrogens with zero attached hydrogens (tertiary/aromatic N) is 2. The molecule has 0 bridgehead atoms. The lowest BCUT2D eigenvalue weighted by atomic mass is 10.0. The maximum atomic E-state index is 10.5. The maximum Gasteiger partial charge on any atom is 0.209 e. The van der Waals surface area contributed by atoms with Crippen molar-refractivity contribution in [3.8, 4) is 0 Å². The quantitative estimate of drug-likeness (QED) is 0.468. The minimum atomic E-state index is 0.737. The van der Waals surface area contributed by atoms with Crippen molar-refractivity contribution in [1.29, 1.82) is 0 Å². The predicted molar refractivity (Wildman–Crippen MR) is 53.3 cm³/mol. The molecule has 0 N–H and O–H groups in total. The summed E-state index contributed by atoms with van der Waals surface area (Å²) in [5, 5.41) is 0. The van der Waals surface area contributed by atoms with E-state index in [4.69, 9.17) is 0 Å². The Balaban J connectivity index is 2.44. The molecule has 0 spiro atoms. The number of hydrogen-bond acceptors (Lipinski definition) is 1. The van der Waals surface area contributed by atoms with Gasteiger partial charge in [-0.3, -0.25) is 4.79 Å². The number of carbonyl (C=O) groups is 1. The van der Waals surface area contributed by atoms with Gasteiger partial charge in [0.15, 0.2) is 0 Å². The van der Waals surface area contributed by atoms with Gasteiger partial charge in [0.2, 0.25) is 6.41 Å². The number of rotatable bonds is 3. The van der Waals surface area contributed by atoms with Crippen LogP contribution >= 0.6 is 0 Å². The molecule has 76 valence electrons. The summed E-state index contributed by atoms with van der Waals surface area (Å²) in [6, 6.07) is 0.737. The van der Waals surface area contributed by atoms with Crippen LogP contribution in [-0.2, 0) is 4.79 Å². The molecule has 0 radical (unpaired) electrons. The van der Waals surface area contributed by atoms with Gasteiger partial charge in [-0.25, -0.2) is 0 Å². The van der Waals surface area contributed by atoms with Crippen LogP contribution < -0.4 is 0 Å². The van der Waals surface area contributed by atoms with E-state index in [1.807, 2.05) is 4.90 Å². The SMILES string of the molecule is CC[N+](C)(C)C1CCN(C=O)CC1. The Bertz CT molecular complexity index is 172. The van der Waals surface area contributed by atoms with Gasteiger partial charge in [0.25, 0.3) is 0 Å². The molecular weight excluding hydrogens is 164 g/mol. The van der Waals surface area contributed by atoms with Crippen molar-refractivity contribution in [2.24, 2.45) is 0 Å². The van der Waals surface area contributed by atoms with Crippen LogP contribution in [0.1, 0.15) is 19.8 Å². The van der Waals surface area contributed by atoms with E-state index < -0.39 is 0 Å². The monoisotopic (exact) mass is 185 g/mol. The highest BCUT2D eigenvalue weighted by Gasteiger charge is 2.29. The summed E-state index contributed by atoms with van der Waals surface area (Å²) in [5.74, 6) is 0. The third kappa shape index (κ3) is 2.44. The van der Waals surface area contributed by atoms with Gasteiger partial charge < -0.3 is 9.38 Å². The molecule has 0 aromatic rings. The van der Waals surface area contributed by atoms with Gasteiger partial charge in [-0.1, -0.05) is 0 Å². The summed E-state index contributed by atoms with van der Waals surface area (Å²) in [6.45, 7) is 5.28. The fourth-order valence-corrected chi connectivity index (χ4v) is 1.95. The summed E-state index contributed by atoms with van der Waals surface area (Å²) in [7, 11) is 4.56. The summed E-state index contributed by atoms with van der Waals surface area (Å²) in [5.41, 5.74) is 0. The van der Waals surface area contributed by atoms with Gasteiger partial charge in [-0.2, -0.15) is 0 Å². The topological polar surface area (TPSA) is 20.3 Å². The zero-order valence-electron chi connectivity index (χ0n) is 8.99. The summed E-state index contributed by atoms with van der Waals surface area (Å²) >= 11 is 0. The Morgan fingerprint density at radius 1 is 1.38 bits per heavy atom. The number of likely N-dealkylation sites (tertiary alicyclic amines) is 1. The average molecular weight is 185 g/mol. The van der Waals surface area contributed by atoms with Gasteiger partial charge >= 0.3 is 0 Å². The summed E-state index contributed by atoms with van der Waals surface area (Å²) < 4.78 is 1.09. The minimum Gasteiger partial charge on any atom is -0.345 e. The van der Waals surface area contributed by atoms with Gasteiger partial charge in [0, 0.05) is 25.9 Å². The van der Waals surface area contributed by atoms with E-state index in [1.165, 1.54) is 6.54 Å². The van der Waals surface area contributed by atoms with E-state index in [0.717, 1.165) is 42.9 Å². The van der Waals surface area contributed by atoms with Crippen LogP contribution in [0.2, 0.25) is 0 Å². The first-order valence-corrected chi connectivity index (χ1v) is 5.12. The average Bonchev–Trinajstić information content (AvgIpc) is 2.18. The molecule has 13 heavy (non-hydrogen) atoms. The summed E-state index contributed by atoms with van der Waals surface area (Å²) in [4.78, 5) is 12.4. The van der Waals surface area contributed by atoms with Gasteiger partial charge in [-0.05, 0) is 6.92 Å². The Kier molecular flexibility index (Phi) is 3.31. The van der Waals surface area contributed by atoms with Gasteiger partial charge in [0.1, 0.15) is 0 Å². The van der Waals surface area contributed by atoms with Crippen LogP contribution in [0.25, 0.3) is 0 Å². The number of quaternary nitrogens is 1. The molecule has 1 aliphatic rings. The molecule has 1 amide bonds. The van der Waals surface area contributed by atoms with E-state index in [-0.39, 0.29) is 0 Å². The Morgan fingerprint density at radius 3 is 2.31 bits per heavy atom. The molecule has 1 aliphatic heterocycles. The van der Waals surface area contributed by atoms with Crippen LogP contribution in [0.3, 0.4) is 0 Å². The number of amides is 1. The third-order valence-electron chi connectivity index (χ3n) is 3.45. The number of carbonyl (C=O) groups excluding carboxylic acids is 1. The molecule has 0 saturated carbocycles. The Morgan fingerprint density at radius 2 is 1.92 bits per heavy atom. The summed E-state index contributed by atoms with van der Waals surface area (Å²) in [6.07, 6.45) is 3.28. The largest absolute Gasteiger partial charge is 0.345 e. The van der Waals surface area contributed by atoms with Crippen molar-refractivity contribution in [2.75, 3.05) is 33.7 Å². The number of hydrogen-bond donors (Lipinski definition) is 0. The molecule has 0 atom stereocenters. The Hall–Kier alpha value is -0.570. The van der Waals surface area contributed by atoms with Crippen molar-refractivity contribution in [3.05, 3.63) is 0 Å². The van der Waals surface area contributed by atoms with E-state index in [1.54, 1.807) is 0 Å². The zero-order valence-corrected chi connectivity index (χ0v) is 8.99. The Labute approximate surface area is 80.9 Å². The van der Waals surface area contributed by atoms with Gasteiger partial charge in [0.05, 0.1) is 26.7 Å². The molecule has 1 fully saturated rings. The van der Waals surface area contributed by atoms with E-state index >= 15 is 0 Å². The van der Waals surface area contributed by atoms with E-state index in [0.29, 0.717) is 0 Å². The minimum absolute atomic E-state index is 0.737. The van der Waals surface area contributed by atoms with Crippen LogP contribution in [-0.4, -0.2) is 55.6 Å². The van der Waals surface area contributed by atoms with Gasteiger partial charge in [-0.15, -0.1) is 0 Å². The fourth-order valence-electron chi connectivity index (χ4n) is 1.95. The predicted octanol–water partition coefficient (Wildman–Crippen LogP) is 0.703. The van der Waals surface area contributed by atoms with E-state index in [9.17, 15) is 4.79 Å². The molecule has 0 aliphatic carbocycles. The number of piperidine rings is 1. The lowest BCUT2D eigenvalue weighted by molar-refractivity contribution is -0.914. The van der Waals surface area contributed by atoms with Crippen molar-refractivity contribution < 1.29 is 9.28 Å². The maximum absolute atomic E-state index is 10.5. The first-order chi connectivity index (χ1) is 6.10. The second-order valence-corrected chi connectivity index (χ2v) is 4.47. The molecular formula is C10H21N2O+. The molecule has 0 aromatic carbocycles. The normalized spacial score (nSPS) is 20.4. The second kappa shape index (κ2) is 4.09. The van der Waals surface area contributed by atoms with Crippen molar-refractivity contribution in [3.63, 3.8) is 0 Å². The fraction of sp³-hybridized carbons (Fsp3) is 0.900. The molecule has 0 unspecified atom stereocenters. The third-order valence-corrected chi connectivity index (χ3v) is 3.45. The lowest BCUT2D eigenvalue weighted by Gasteiger charge is -2.41. The van der Waals surface area contributed by atoms with Crippen molar-refractivity contribution >= 4 is 6.41 Å². The second-order valence-electron chi connectivity index (χ2n) is 4.47. The highest BCUT2D eigenvalue weighted by Crippen LogP contribution is 2.18. The van der Waals surface area contributed by atoms with Crippen LogP contribution in [0.5, 0.6) is 0 Å².